The molecule has 0 radical (unpaired) electrons. The van der Waals surface area contributed by atoms with Crippen LogP contribution in [0.4, 0.5) is 10.3 Å². The maximum Gasteiger partial charge on any atom is 0.225 e. The first kappa shape index (κ1) is 20.8. The van der Waals surface area contributed by atoms with Gasteiger partial charge in [-0.2, -0.15) is 0 Å². The minimum absolute atomic E-state index is 0.0857. The summed E-state index contributed by atoms with van der Waals surface area (Å²) in [5.41, 5.74) is 2.10. The number of halogens is 1. The van der Waals surface area contributed by atoms with Crippen molar-refractivity contribution in [1.29, 1.82) is 0 Å². The Morgan fingerprint density at radius 3 is 2.57 bits per heavy atom. The standard InChI is InChI=1S/C24H31FN4O/c1-28(2)24-26-15-20(19-12-6-7-13-21(19)25)22(27-24)18-11-8-14-29(16-18)23(30)17-9-4-3-5-10-17/h6-7,12-13,15,17-18H,3-5,8-11,14,16H2,1-2H3. The van der Waals surface area contributed by atoms with Crippen molar-refractivity contribution >= 4 is 11.9 Å². The molecule has 160 valence electrons. The molecule has 1 aromatic heterocycles. The quantitative estimate of drug-likeness (QED) is 0.737. The van der Waals surface area contributed by atoms with Gasteiger partial charge in [0.15, 0.2) is 0 Å². The average Bonchev–Trinajstić information content (AvgIpc) is 2.79. The SMILES string of the molecule is CN(C)c1ncc(-c2ccccc2F)c(C2CCCN(C(=O)C3CCCCC3)C2)n1. The fourth-order valence-electron chi connectivity index (χ4n) is 4.81. The second kappa shape index (κ2) is 9.11. The minimum atomic E-state index is -0.272. The predicted octanol–water partition coefficient (Wildman–Crippen LogP) is 4.64. The number of nitrogens with zero attached hydrogens (tertiary/aromatic N) is 4. The normalized spacial score (nSPS) is 20.2. The monoisotopic (exact) mass is 410 g/mol. The summed E-state index contributed by atoms with van der Waals surface area (Å²) in [6.07, 6.45) is 9.20. The molecule has 0 spiro atoms. The Kier molecular flexibility index (Phi) is 6.30. The van der Waals surface area contributed by atoms with Crippen molar-refractivity contribution < 1.29 is 9.18 Å². The number of rotatable bonds is 4. The zero-order valence-corrected chi connectivity index (χ0v) is 18.0. The van der Waals surface area contributed by atoms with Crippen molar-refractivity contribution in [2.45, 2.75) is 50.9 Å². The highest BCUT2D eigenvalue weighted by Crippen LogP contribution is 2.36. The number of amides is 1. The van der Waals surface area contributed by atoms with Crippen LogP contribution in [0.3, 0.4) is 0 Å². The van der Waals surface area contributed by atoms with Crippen LogP contribution in [0.25, 0.3) is 11.1 Å². The van der Waals surface area contributed by atoms with E-state index in [0.29, 0.717) is 24.0 Å². The van der Waals surface area contributed by atoms with E-state index in [4.69, 9.17) is 4.98 Å². The van der Waals surface area contributed by atoms with Gasteiger partial charge in [-0.3, -0.25) is 4.79 Å². The van der Waals surface area contributed by atoms with Gasteiger partial charge >= 0.3 is 0 Å². The van der Waals surface area contributed by atoms with Gasteiger partial charge in [-0.05, 0) is 31.7 Å². The van der Waals surface area contributed by atoms with E-state index < -0.39 is 0 Å². The first-order valence-electron chi connectivity index (χ1n) is 11.1. The lowest BCUT2D eigenvalue weighted by atomic mass is 9.86. The summed E-state index contributed by atoms with van der Waals surface area (Å²) in [6.45, 7) is 1.47. The average molecular weight is 411 g/mol. The molecule has 2 aliphatic rings. The fraction of sp³-hybridized carbons (Fsp3) is 0.542. The lowest BCUT2D eigenvalue weighted by molar-refractivity contribution is -0.137. The number of carbonyl (C=O) groups is 1. The van der Waals surface area contributed by atoms with Gasteiger partial charge < -0.3 is 9.80 Å². The molecule has 0 N–H and O–H groups in total. The van der Waals surface area contributed by atoms with Gasteiger partial charge in [0, 0.05) is 56.3 Å². The van der Waals surface area contributed by atoms with Crippen LogP contribution in [-0.4, -0.2) is 48.0 Å². The van der Waals surface area contributed by atoms with Crippen LogP contribution in [0.2, 0.25) is 0 Å². The third-order valence-electron chi connectivity index (χ3n) is 6.44. The van der Waals surface area contributed by atoms with E-state index in [1.54, 1.807) is 18.3 Å². The van der Waals surface area contributed by atoms with Gasteiger partial charge in [0.05, 0.1) is 5.69 Å². The molecule has 6 heteroatoms. The molecule has 1 saturated heterocycles. The highest BCUT2D eigenvalue weighted by atomic mass is 19.1. The predicted molar refractivity (Wildman–Crippen MR) is 117 cm³/mol. The number of piperidine rings is 1. The van der Waals surface area contributed by atoms with Gasteiger partial charge in [-0.1, -0.05) is 37.5 Å². The summed E-state index contributed by atoms with van der Waals surface area (Å²) >= 11 is 0. The summed E-state index contributed by atoms with van der Waals surface area (Å²) in [5, 5.41) is 0. The van der Waals surface area contributed by atoms with Gasteiger partial charge in [0.1, 0.15) is 5.82 Å². The number of hydrogen-bond donors (Lipinski definition) is 0. The van der Waals surface area contributed by atoms with Crippen LogP contribution in [-0.2, 0) is 4.79 Å². The van der Waals surface area contributed by atoms with Crippen molar-refractivity contribution in [2.75, 3.05) is 32.1 Å². The Labute approximate surface area is 178 Å². The molecule has 4 rings (SSSR count). The Balaban J connectivity index is 1.65. The number of aromatic nitrogens is 2. The third kappa shape index (κ3) is 4.32. The Morgan fingerprint density at radius 1 is 1.07 bits per heavy atom. The fourth-order valence-corrected chi connectivity index (χ4v) is 4.81. The second-order valence-electron chi connectivity index (χ2n) is 8.80. The van der Waals surface area contributed by atoms with Crippen LogP contribution >= 0.6 is 0 Å². The van der Waals surface area contributed by atoms with Gasteiger partial charge in [-0.15, -0.1) is 0 Å². The number of benzene rings is 1. The smallest absolute Gasteiger partial charge is 0.225 e. The highest BCUT2D eigenvalue weighted by Gasteiger charge is 2.32. The van der Waals surface area contributed by atoms with E-state index in [-0.39, 0.29) is 17.7 Å². The molecule has 1 aliphatic carbocycles. The first-order chi connectivity index (χ1) is 14.5. The molecule has 2 fully saturated rings. The van der Waals surface area contributed by atoms with Crippen LogP contribution in [0.5, 0.6) is 0 Å². The molecule has 1 saturated carbocycles. The summed E-state index contributed by atoms with van der Waals surface area (Å²) in [4.78, 5) is 26.3. The van der Waals surface area contributed by atoms with Crippen molar-refractivity contribution in [1.82, 2.24) is 14.9 Å². The summed E-state index contributed by atoms with van der Waals surface area (Å²) in [7, 11) is 3.81. The molecular formula is C24H31FN4O. The van der Waals surface area contributed by atoms with Crippen LogP contribution in [0.15, 0.2) is 30.5 Å². The van der Waals surface area contributed by atoms with E-state index in [1.807, 2.05) is 30.0 Å². The van der Waals surface area contributed by atoms with Crippen molar-refractivity contribution in [3.63, 3.8) is 0 Å². The molecule has 2 aromatic rings. The lowest BCUT2D eigenvalue weighted by Gasteiger charge is -2.36. The zero-order valence-electron chi connectivity index (χ0n) is 18.0. The van der Waals surface area contributed by atoms with Crippen molar-refractivity contribution in [3.8, 4) is 11.1 Å². The maximum atomic E-state index is 14.6. The Morgan fingerprint density at radius 2 is 1.83 bits per heavy atom. The number of hydrogen-bond acceptors (Lipinski definition) is 4. The molecule has 1 atom stereocenters. The zero-order chi connectivity index (χ0) is 21.1. The minimum Gasteiger partial charge on any atom is -0.347 e. The number of carbonyl (C=O) groups excluding carboxylic acids is 1. The molecule has 1 aliphatic heterocycles. The van der Waals surface area contributed by atoms with E-state index >= 15 is 0 Å². The molecule has 5 nitrogen and oxygen atoms in total. The molecule has 1 amide bonds. The van der Waals surface area contributed by atoms with Gasteiger partial charge in [0.2, 0.25) is 11.9 Å². The number of likely N-dealkylation sites (tertiary alicyclic amines) is 1. The van der Waals surface area contributed by atoms with Crippen LogP contribution in [0.1, 0.15) is 56.6 Å². The van der Waals surface area contributed by atoms with Crippen molar-refractivity contribution in [3.05, 3.63) is 42.0 Å². The molecule has 30 heavy (non-hydrogen) atoms. The van der Waals surface area contributed by atoms with Gasteiger partial charge in [-0.25, -0.2) is 14.4 Å². The highest BCUT2D eigenvalue weighted by molar-refractivity contribution is 5.79. The Bertz CT molecular complexity index is 895. The largest absolute Gasteiger partial charge is 0.347 e. The molecule has 1 unspecified atom stereocenters. The van der Waals surface area contributed by atoms with Crippen LogP contribution in [0, 0.1) is 11.7 Å². The van der Waals surface area contributed by atoms with E-state index in [0.717, 1.165) is 56.3 Å². The Hall–Kier alpha value is -2.50. The lowest BCUT2D eigenvalue weighted by Crippen LogP contribution is -2.43. The van der Waals surface area contributed by atoms with Gasteiger partial charge in [0.25, 0.3) is 0 Å². The summed E-state index contributed by atoms with van der Waals surface area (Å²) < 4.78 is 14.6. The number of anilines is 1. The molecule has 1 aromatic carbocycles. The second-order valence-corrected chi connectivity index (χ2v) is 8.80. The topological polar surface area (TPSA) is 49.3 Å². The first-order valence-corrected chi connectivity index (χ1v) is 11.1. The maximum absolute atomic E-state index is 14.6. The van der Waals surface area contributed by atoms with Crippen molar-refractivity contribution in [2.24, 2.45) is 5.92 Å². The summed E-state index contributed by atoms with van der Waals surface area (Å²) in [5.74, 6) is 0.898. The van der Waals surface area contributed by atoms with Crippen LogP contribution < -0.4 is 4.90 Å². The molecule has 2 heterocycles. The van der Waals surface area contributed by atoms with E-state index in [1.165, 1.54) is 12.5 Å². The third-order valence-corrected chi connectivity index (χ3v) is 6.44. The van der Waals surface area contributed by atoms with E-state index in [2.05, 4.69) is 4.98 Å². The summed E-state index contributed by atoms with van der Waals surface area (Å²) in [6, 6.07) is 6.78. The van der Waals surface area contributed by atoms with E-state index in [9.17, 15) is 9.18 Å². The molecule has 0 bridgehead atoms. The molecular weight excluding hydrogens is 379 g/mol.